The number of aliphatic hydroxyl groups is 2. The summed E-state index contributed by atoms with van der Waals surface area (Å²) < 4.78 is 11.6. The van der Waals surface area contributed by atoms with Crippen molar-refractivity contribution in [1.29, 1.82) is 0 Å². The maximum atomic E-state index is 12.8. The van der Waals surface area contributed by atoms with Crippen LogP contribution in [0.15, 0.2) is 96.5 Å². The first-order valence-electron chi connectivity index (χ1n) is 10.2. The molecule has 160 valence electrons. The molecule has 2 heterocycles. The Morgan fingerprint density at radius 1 is 0.625 bits per heavy atom. The second-order valence-corrected chi connectivity index (χ2v) is 7.92. The summed E-state index contributed by atoms with van der Waals surface area (Å²) >= 11 is 0. The number of rotatable bonds is 4. The van der Waals surface area contributed by atoms with Gasteiger partial charge < -0.3 is 19.7 Å². The van der Waals surface area contributed by atoms with E-state index in [1.807, 2.05) is 60.7 Å². The lowest BCUT2D eigenvalue weighted by molar-refractivity contribution is -0.319. The molecule has 1 saturated carbocycles. The quantitative estimate of drug-likeness (QED) is 0.778. The summed E-state index contributed by atoms with van der Waals surface area (Å²) in [6, 6.07) is 18.8. The third-order valence-electron chi connectivity index (χ3n) is 5.98. The summed E-state index contributed by atoms with van der Waals surface area (Å²) in [5, 5.41) is 22.0. The van der Waals surface area contributed by atoms with Gasteiger partial charge in [-0.05, 0) is 23.3 Å². The predicted octanol–water partition coefficient (Wildman–Crippen LogP) is 2.59. The molecular formula is C26H20O6. The molecule has 0 spiro atoms. The summed E-state index contributed by atoms with van der Waals surface area (Å²) in [4.78, 5) is 25.5. The van der Waals surface area contributed by atoms with Crippen LogP contribution in [-0.4, -0.2) is 45.2 Å². The van der Waals surface area contributed by atoms with Crippen molar-refractivity contribution in [2.45, 2.75) is 23.4 Å². The fourth-order valence-electron chi connectivity index (χ4n) is 4.23. The van der Waals surface area contributed by atoms with Gasteiger partial charge in [-0.1, -0.05) is 72.8 Å². The van der Waals surface area contributed by atoms with E-state index in [2.05, 4.69) is 0 Å². The van der Waals surface area contributed by atoms with Crippen LogP contribution in [0.3, 0.4) is 0 Å². The number of hydrogen-bond donors (Lipinski definition) is 2. The Hall–Kier alpha value is -3.74. The van der Waals surface area contributed by atoms with E-state index in [-0.39, 0.29) is 11.5 Å². The summed E-state index contributed by atoms with van der Waals surface area (Å²) in [6.45, 7) is 0. The van der Waals surface area contributed by atoms with Crippen LogP contribution >= 0.6 is 0 Å². The second kappa shape index (κ2) is 7.44. The lowest BCUT2D eigenvalue weighted by Gasteiger charge is -2.61. The SMILES string of the molecule is O=C1C=C(/C=C/c2ccccc2)O[C@H]2[C@@H]3OC(/C=C/c4ccccc4)=CC(=O)[C@]3(O)[C@@]12O. The number of fused-ring (bicyclic) bond motifs is 4. The number of benzene rings is 2. The monoisotopic (exact) mass is 428 g/mol. The molecule has 4 atom stereocenters. The summed E-state index contributed by atoms with van der Waals surface area (Å²) in [5.74, 6) is -1.17. The van der Waals surface area contributed by atoms with Crippen molar-refractivity contribution in [2.75, 3.05) is 0 Å². The Labute approximate surface area is 184 Å². The van der Waals surface area contributed by atoms with Crippen molar-refractivity contribution < 1.29 is 29.3 Å². The molecule has 0 unspecified atom stereocenters. The highest BCUT2D eigenvalue weighted by atomic mass is 16.6. The van der Waals surface area contributed by atoms with Gasteiger partial charge >= 0.3 is 0 Å². The molecule has 2 aromatic rings. The van der Waals surface area contributed by atoms with Crippen LogP contribution in [0.1, 0.15) is 11.1 Å². The zero-order valence-corrected chi connectivity index (χ0v) is 16.9. The van der Waals surface area contributed by atoms with E-state index in [1.165, 1.54) is 0 Å². The Kier molecular flexibility index (Phi) is 4.69. The Morgan fingerprint density at radius 2 is 1.00 bits per heavy atom. The molecule has 2 aromatic carbocycles. The molecule has 0 radical (unpaired) electrons. The van der Waals surface area contributed by atoms with Gasteiger partial charge in [0, 0.05) is 12.2 Å². The number of carbonyl (C=O) groups excluding carboxylic acids is 2. The first-order chi connectivity index (χ1) is 15.4. The van der Waals surface area contributed by atoms with Crippen LogP contribution in [0.25, 0.3) is 12.2 Å². The number of hydrogen-bond acceptors (Lipinski definition) is 6. The van der Waals surface area contributed by atoms with E-state index in [0.29, 0.717) is 0 Å². The lowest BCUT2D eigenvalue weighted by atomic mass is 9.55. The van der Waals surface area contributed by atoms with Crippen LogP contribution in [0, 0.1) is 0 Å². The minimum Gasteiger partial charge on any atom is -0.483 e. The summed E-state index contributed by atoms with van der Waals surface area (Å²) in [5.41, 5.74) is -3.00. The fraction of sp³-hybridized carbons (Fsp3) is 0.154. The molecule has 0 saturated heterocycles. The third kappa shape index (κ3) is 2.96. The van der Waals surface area contributed by atoms with Crippen molar-refractivity contribution >= 4 is 23.7 Å². The highest BCUT2D eigenvalue weighted by molar-refractivity contribution is 6.12. The van der Waals surface area contributed by atoms with Crippen molar-refractivity contribution in [2.24, 2.45) is 0 Å². The first kappa shape index (κ1) is 20.2. The first-order valence-corrected chi connectivity index (χ1v) is 10.2. The van der Waals surface area contributed by atoms with Crippen LogP contribution in [0.4, 0.5) is 0 Å². The van der Waals surface area contributed by atoms with Gasteiger partial charge in [-0.3, -0.25) is 9.59 Å². The van der Waals surface area contributed by atoms with Gasteiger partial charge in [-0.25, -0.2) is 0 Å². The van der Waals surface area contributed by atoms with Crippen molar-refractivity contribution in [3.05, 3.63) is 108 Å². The molecule has 0 aromatic heterocycles. The van der Waals surface area contributed by atoms with Crippen molar-refractivity contribution in [3.8, 4) is 0 Å². The van der Waals surface area contributed by atoms with Gasteiger partial charge in [0.1, 0.15) is 11.5 Å². The highest BCUT2D eigenvalue weighted by Gasteiger charge is 2.82. The van der Waals surface area contributed by atoms with Crippen LogP contribution in [-0.2, 0) is 19.1 Å². The minimum atomic E-state index is -2.40. The van der Waals surface area contributed by atoms with Crippen LogP contribution < -0.4 is 0 Å². The molecule has 6 nitrogen and oxygen atoms in total. The molecule has 0 bridgehead atoms. The van der Waals surface area contributed by atoms with E-state index in [4.69, 9.17) is 9.47 Å². The van der Waals surface area contributed by atoms with Gasteiger partial charge in [-0.15, -0.1) is 0 Å². The minimum absolute atomic E-state index is 0.211. The molecule has 2 aliphatic heterocycles. The number of allylic oxidation sites excluding steroid dienone is 2. The van der Waals surface area contributed by atoms with Crippen LogP contribution in [0.5, 0.6) is 0 Å². The molecule has 0 amide bonds. The standard InChI is InChI=1S/C26H20O6/c27-21-15-19(13-11-17-7-3-1-4-8-17)31-23-24-26(30,25(21,23)29)22(28)16-20(32-24)14-12-18-9-5-2-6-10-18/h1-16,23-24,29-30H/b13-11+,14-12+/t23-,24-,25+,26+/m0/s1. The van der Waals surface area contributed by atoms with Gasteiger partial charge in [-0.2, -0.15) is 0 Å². The third-order valence-corrected chi connectivity index (χ3v) is 5.98. The zero-order valence-electron chi connectivity index (χ0n) is 16.9. The van der Waals surface area contributed by atoms with Gasteiger partial charge in [0.15, 0.2) is 23.8 Å². The average molecular weight is 428 g/mol. The normalized spacial score (nSPS) is 31.2. The summed E-state index contributed by atoms with van der Waals surface area (Å²) in [7, 11) is 0. The van der Waals surface area contributed by atoms with E-state index >= 15 is 0 Å². The van der Waals surface area contributed by atoms with Gasteiger partial charge in [0.05, 0.1) is 0 Å². The number of carbonyl (C=O) groups is 2. The average Bonchev–Trinajstić information content (AvgIpc) is 2.82. The molecule has 6 heteroatoms. The van der Waals surface area contributed by atoms with E-state index in [1.54, 1.807) is 24.3 Å². The smallest absolute Gasteiger partial charge is 0.208 e. The molecule has 3 aliphatic rings. The van der Waals surface area contributed by atoms with Crippen LogP contribution in [0.2, 0.25) is 0 Å². The van der Waals surface area contributed by atoms with Crippen molar-refractivity contribution in [1.82, 2.24) is 0 Å². The van der Waals surface area contributed by atoms with Crippen molar-refractivity contribution in [3.63, 3.8) is 0 Å². The molecular weight excluding hydrogens is 408 g/mol. The summed E-state index contributed by atoms with van der Waals surface area (Å²) in [6.07, 6.45) is 6.45. The molecule has 1 fully saturated rings. The van der Waals surface area contributed by atoms with Gasteiger partial charge in [0.25, 0.3) is 0 Å². The topological polar surface area (TPSA) is 93.1 Å². The molecule has 2 N–H and O–H groups in total. The lowest BCUT2D eigenvalue weighted by Crippen LogP contribution is -2.89. The molecule has 32 heavy (non-hydrogen) atoms. The Bertz CT molecular complexity index is 1100. The maximum Gasteiger partial charge on any atom is 0.208 e. The number of ketones is 2. The number of ether oxygens (including phenoxy) is 2. The Balaban J connectivity index is 1.40. The van der Waals surface area contributed by atoms with E-state index in [0.717, 1.165) is 23.3 Å². The largest absolute Gasteiger partial charge is 0.483 e. The molecule has 1 aliphatic carbocycles. The molecule has 5 rings (SSSR count). The van der Waals surface area contributed by atoms with E-state index < -0.39 is 35.0 Å². The fourth-order valence-corrected chi connectivity index (χ4v) is 4.23. The Morgan fingerprint density at radius 3 is 1.38 bits per heavy atom. The van der Waals surface area contributed by atoms with E-state index in [9.17, 15) is 19.8 Å². The second-order valence-electron chi connectivity index (χ2n) is 7.92. The predicted molar refractivity (Wildman–Crippen MR) is 117 cm³/mol. The van der Waals surface area contributed by atoms with Gasteiger partial charge in [0.2, 0.25) is 11.2 Å². The highest BCUT2D eigenvalue weighted by Crippen LogP contribution is 2.53. The zero-order chi connectivity index (χ0) is 22.3. The maximum absolute atomic E-state index is 12.8.